The fraction of sp³-hybridized carbons (Fsp3) is 0.0769. The second-order valence-electron chi connectivity index (χ2n) is 3.71. The fourth-order valence-corrected chi connectivity index (χ4v) is 2.01. The summed E-state index contributed by atoms with van der Waals surface area (Å²) in [6.07, 6.45) is 0. The number of nitrogens with two attached hydrogens (primary N) is 1. The first-order valence-electron chi connectivity index (χ1n) is 5.18. The number of anilines is 1. The van der Waals surface area contributed by atoms with Gasteiger partial charge in [-0.15, -0.1) is 0 Å². The summed E-state index contributed by atoms with van der Waals surface area (Å²) in [4.78, 5) is 0. The van der Waals surface area contributed by atoms with E-state index < -0.39 is 0 Å². The van der Waals surface area contributed by atoms with E-state index in [4.69, 9.17) is 22.1 Å². The highest BCUT2D eigenvalue weighted by atomic mass is 79.9. The Kier molecular flexibility index (Phi) is 4.09. The van der Waals surface area contributed by atoms with Crippen molar-refractivity contribution in [1.82, 2.24) is 0 Å². The van der Waals surface area contributed by atoms with Crippen molar-refractivity contribution in [3.05, 3.63) is 57.3 Å². The minimum Gasteiger partial charge on any atom is -0.487 e. The van der Waals surface area contributed by atoms with Crippen LogP contribution in [0.5, 0.6) is 5.75 Å². The van der Waals surface area contributed by atoms with Crippen LogP contribution >= 0.6 is 27.5 Å². The molecule has 0 unspecified atom stereocenters. The lowest BCUT2D eigenvalue weighted by atomic mass is 10.2. The maximum Gasteiger partial charge on any atom is 0.138 e. The molecule has 18 heavy (non-hydrogen) atoms. The van der Waals surface area contributed by atoms with Crippen LogP contribution in [0.3, 0.4) is 0 Å². The van der Waals surface area contributed by atoms with E-state index in [0.29, 0.717) is 26.5 Å². The first-order chi connectivity index (χ1) is 8.56. The Labute approximate surface area is 118 Å². The molecule has 2 nitrogen and oxygen atoms in total. The third kappa shape index (κ3) is 3.15. The maximum absolute atomic E-state index is 13.6. The Morgan fingerprint density at radius 3 is 2.67 bits per heavy atom. The van der Waals surface area contributed by atoms with Gasteiger partial charge in [-0.3, -0.25) is 0 Å². The fourth-order valence-electron chi connectivity index (χ4n) is 1.43. The van der Waals surface area contributed by atoms with E-state index in [1.807, 2.05) is 0 Å². The van der Waals surface area contributed by atoms with E-state index in [0.717, 1.165) is 0 Å². The van der Waals surface area contributed by atoms with Gasteiger partial charge >= 0.3 is 0 Å². The Hall–Kier alpha value is -1.26. The van der Waals surface area contributed by atoms with Crippen molar-refractivity contribution in [2.45, 2.75) is 6.61 Å². The van der Waals surface area contributed by atoms with Gasteiger partial charge in [0.05, 0.1) is 5.02 Å². The molecule has 0 saturated carbocycles. The molecule has 2 aromatic rings. The average Bonchev–Trinajstić information content (AvgIpc) is 2.30. The standard InChI is InChI=1S/C13H10BrClFNO/c14-9-2-1-8(12(16)5-9)7-18-13-4-3-10(17)6-11(13)15/h1-6H,7,17H2. The van der Waals surface area contributed by atoms with Crippen molar-refractivity contribution in [1.29, 1.82) is 0 Å². The molecule has 0 spiro atoms. The molecule has 2 rings (SSSR count). The number of hydrogen-bond donors (Lipinski definition) is 1. The van der Waals surface area contributed by atoms with Crippen molar-refractivity contribution in [3.63, 3.8) is 0 Å². The van der Waals surface area contributed by atoms with Crippen LogP contribution < -0.4 is 10.5 Å². The van der Waals surface area contributed by atoms with E-state index in [-0.39, 0.29) is 12.4 Å². The molecule has 5 heteroatoms. The Morgan fingerprint density at radius 1 is 1.22 bits per heavy atom. The van der Waals surface area contributed by atoms with E-state index in [1.54, 1.807) is 30.3 Å². The third-order valence-electron chi connectivity index (χ3n) is 2.35. The molecule has 0 aliphatic carbocycles. The highest BCUT2D eigenvalue weighted by molar-refractivity contribution is 9.10. The first-order valence-corrected chi connectivity index (χ1v) is 6.35. The zero-order valence-electron chi connectivity index (χ0n) is 9.29. The van der Waals surface area contributed by atoms with Gasteiger partial charge in [0.15, 0.2) is 0 Å². The van der Waals surface area contributed by atoms with Crippen LogP contribution in [0.2, 0.25) is 5.02 Å². The van der Waals surface area contributed by atoms with Crippen LogP contribution in [0, 0.1) is 5.82 Å². The topological polar surface area (TPSA) is 35.2 Å². The van der Waals surface area contributed by atoms with Gasteiger partial charge in [0, 0.05) is 15.7 Å². The molecule has 0 aromatic heterocycles. The summed E-state index contributed by atoms with van der Waals surface area (Å²) >= 11 is 9.15. The van der Waals surface area contributed by atoms with Gasteiger partial charge in [-0.05, 0) is 30.3 Å². The molecule has 0 atom stereocenters. The molecule has 0 bridgehead atoms. The second-order valence-corrected chi connectivity index (χ2v) is 5.04. The van der Waals surface area contributed by atoms with Crippen LogP contribution in [0.4, 0.5) is 10.1 Å². The summed E-state index contributed by atoms with van der Waals surface area (Å²) in [6.45, 7) is 0.114. The lowest BCUT2D eigenvalue weighted by Gasteiger charge is -2.09. The number of hydrogen-bond acceptors (Lipinski definition) is 2. The first kappa shape index (κ1) is 13.2. The number of rotatable bonds is 3. The van der Waals surface area contributed by atoms with E-state index in [9.17, 15) is 4.39 Å². The average molecular weight is 331 g/mol. The van der Waals surface area contributed by atoms with Crippen molar-refractivity contribution in [3.8, 4) is 5.75 Å². The minimum absolute atomic E-state index is 0.114. The summed E-state index contributed by atoms with van der Waals surface area (Å²) in [5.41, 5.74) is 6.59. The zero-order valence-corrected chi connectivity index (χ0v) is 11.6. The summed E-state index contributed by atoms with van der Waals surface area (Å²) < 4.78 is 19.7. The van der Waals surface area contributed by atoms with Crippen LogP contribution in [-0.4, -0.2) is 0 Å². The molecule has 0 heterocycles. The quantitative estimate of drug-likeness (QED) is 0.846. The van der Waals surface area contributed by atoms with Crippen LogP contribution in [0.25, 0.3) is 0 Å². The molecular formula is C13H10BrClFNO. The third-order valence-corrected chi connectivity index (χ3v) is 3.14. The largest absolute Gasteiger partial charge is 0.487 e. The van der Waals surface area contributed by atoms with Crippen molar-refractivity contribution in [2.24, 2.45) is 0 Å². The number of benzene rings is 2. The van der Waals surface area contributed by atoms with Gasteiger partial charge in [-0.25, -0.2) is 4.39 Å². The van der Waals surface area contributed by atoms with Crippen LogP contribution in [0.15, 0.2) is 40.9 Å². The SMILES string of the molecule is Nc1ccc(OCc2ccc(Br)cc2F)c(Cl)c1. The predicted octanol–water partition coefficient (Wildman–Crippen LogP) is 4.40. The molecule has 0 fully saturated rings. The van der Waals surface area contributed by atoms with Crippen LogP contribution in [-0.2, 0) is 6.61 Å². The molecule has 0 amide bonds. The zero-order chi connectivity index (χ0) is 13.1. The summed E-state index contributed by atoms with van der Waals surface area (Å²) in [7, 11) is 0. The van der Waals surface area contributed by atoms with Gasteiger partial charge in [-0.1, -0.05) is 33.6 Å². The van der Waals surface area contributed by atoms with Crippen molar-refractivity contribution >= 4 is 33.2 Å². The maximum atomic E-state index is 13.6. The van der Waals surface area contributed by atoms with E-state index >= 15 is 0 Å². The predicted molar refractivity (Wildman–Crippen MR) is 74.3 cm³/mol. The number of halogens is 3. The minimum atomic E-state index is -0.323. The molecule has 0 aliphatic heterocycles. The molecular weight excluding hydrogens is 321 g/mol. The molecule has 2 N–H and O–H groups in total. The Morgan fingerprint density at radius 2 is 2.00 bits per heavy atom. The Balaban J connectivity index is 2.11. The lowest BCUT2D eigenvalue weighted by molar-refractivity contribution is 0.300. The van der Waals surface area contributed by atoms with Gasteiger partial charge in [-0.2, -0.15) is 0 Å². The molecule has 0 saturated heterocycles. The van der Waals surface area contributed by atoms with Gasteiger partial charge in [0.1, 0.15) is 18.2 Å². The van der Waals surface area contributed by atoms with Gasteiger partial charge in [0.25, 0.3) is 0 Å². The van der Waals surface area contributed by atoms with Gasteiger partial charge < -0.3 is 10.5 Å². The highest BCUT2D eigenvalue weighted by Gasteiger charge is 2.06. The van der Waals surface area contributed by atoms with Crippen LogP contribution in [0.1, 0.15) is 5.56 Å². The smallest absolute Gasteiger partial charge is 0.138 e. The summed E-state index contributed by atoms with van der Waals surface area (Å²) in [6, 6.07) is 9.74. The van der Waals surface area contributed by atoms with Crippen molar-refractivity contribution in [2.75, 3.05) is 5.73 Å². The van der Waals surface area contributed by atoms with Crippen molar-refractivity contribution < 1.29 is 9.13 Å². The molecule has 2 aromatic carbocycles. The number of ether oxygens (including phenoxy) is 1. The number of nitrogen functional groups attached to an aromatic ring is 1. The monoisotopic (exact) mass is 329 g/mol. The summed E-state index contributed by atoms with van der Waals surface area (Å²) in [5, 5.41) is 0.410. The second kappa shape index (κ2) is 5.59. The van der Waals surface area contributed by atoms with E-state index in [2.05, 4.69) is 15.9 Å². The highest BCUT2D eigenvalue weighted by Crippen LogP contribution is 2.27. The van der Waals surface area contributed by atoms with Gasteiger partial charge in [0.2, 0.25) is 0 Å². The van der Waals surface area contributed by atoms with E-state index in [1.165, 1.54) is 6.07 Å². The molecule has 94 valence electrons. The normalized spacial score (nSPS) is 10.4. The molecule has 0 aliphatic rings. The lowest BCUT2D eigenvalue weighted by Crippen LogP contribution is -1.99. The Bertz CT molecular complexity index is 525. The summed E-state index contributed by atoms with van der Waals surface area (Å²) in [5.74, 6) is 0.157. The molecule has 0 radical (unpaired) electrons.